The van der Waals surface area contributed by atoms with Crippen LogP contribution < -0.4 is 16.8 Å². The van der Waals surface area contributed by atoms with Crippen molar-refractivity contribution >= 4 is 23.7 Å². The Morgan fingerprint density at radius 2 is 1.58 bits per heavy atom. The first-order chi connectivity index (χ1) is 18.2. The van der Waals surface area contributed by atoms with Crippen molar-refractivity contribution in [3.63, 3.8) is 0 Å². The van der Waals surface area contributed by atoms with Crippen LogP contribution in [0.4, 0.5) is 0 Å². The van der Waals surface area contributed by atoms with E-state index in [2.05, 4.69) is 5.32 Å². The number of hydrogen-bond donors (Lipinski definition) is 4. The zero-order valence-electron chi connectivity index (χ0n) is 24.4. The average molecular weight is 536 g/mol. The molecule has 0 radical (unpaired) electrons. The minimum atomic E-state index is -1.63. The van der Waals surface area contributed by atoms with Crippen LogP contribution in [0, 0.1) is 17.8 Å². The highest BCUT2D eigenvalue weighted by Crippen LogP contribution is 2.19. The van der Waals surface area contributed by atoms with Gasteiger partial charge in [-0.1, -0.05) is 85.2 Å². The molecule has 0 aromatic heterocycles. The molecule has 6 N–H and O–H groups in total. The smallest absolute Gasteiger partial charge is 0.329 e. The monoisotopic (exact) mass is 535 g/mol. The number of nitrogens with two attached hydrogens (primary N) is 2. The van der Waals surface area contributed by atoms with Crippen LogP contribution in [0.15, 0.2) is 30.3 Å². The molecule has 0 aliphatic carbocycles. The van der Waals surface area contributed by atoms with Crippen molar-refractivity contribution < 1.29 is 30.4 Å². The van der Waals surface area contributed by atoms with Gasteiger partial charge >= 0.3 is 5.97 Å². The maximum absolute atomic E-state index is 13.8. The summed E-state index contributed by atoms with van der Waals surface area (Å²) in [5.41, 5.74) is 13.3. The molecule has 0 saturated carbocycles. The van der Waals surface area contributed by atoms with Crippen molar-refractivity contribution in [2.75, 3.05) is 0 Å². The quantitative estimate of drug-likeness (QED) is 0.261. The number of amides is 3. The predicted molar refractivity (Wildman–Crippen MR) is 145 cm³/mol. The van der Waals surface area contributed by atoms with Crippen LogP contribution in [0.1, 0.15) is 68.2 Å². The Bertz CT molecular complexity index is 943. The Labute approximate surface area is 227 Å². The van der Waals surface area contributed by atoms with Crippen LogP contribution in [-0.2, 0) is 30.5 Å². The number of carbonyl (C=O) groups excluding carboxylic acids is 4. The molecule has 5 atom stereocenters. The van der Waals surface area contributed by atoms with Gasteiger partial charge in [0, 0.05) is 7.41 Å². The van der Waals surface area contributed by atoms with Crippen LogP contribution in [0.3, 0.4) is 0 Å². The van der Waals surface area contributed by atoms with Crippen molar-refractivity contribution in [3.05, 3.63) is 35.9 Å². The summed E-state index contributed by atoms with van der Waals surface area (Å²) in [6.07, 6.45) is -1.50. The van der Waals surface area contributed by atoms with Crippen molar-refractivity contribution in [3.8, 4) is 0 Å². The molecule has 10 nitrogen and oxygen atoms in total. The van der Waals surface area contributed by atoms with Gasteiger partial charge in [-0.05, 0) is 29.7 Å². The summed E-state index contributed by atoms with van der Waals surface area (Å²) in [6.45, 7) is 10.3. The van der Waals surface area contributed by atoms with E-state index in [1.165, 1.54) is 0 Å². The second kappa shape index (κ2) is 15.6. The van der Waals surface area contributed by atoms with E-state index in [9.17, 15) is 24.3 Å². The van der Waals surface area contributed by atoms with Crippen molar-refractivity contribution in [2.45, 2.75) is 98.2 Å². The number of aliphatic hydroxyl groups excluding tert-OH is 1. The van der Waals surface area contributed by atoms with Crippen LogP contribution in [-0.4, -0.2) is 64.0 Å². The van der Waals surface area contributed by atoms with Gasteiger partial charge in [-0.2, -0.15) is 0 Å². The highest BCUT2D eigenvalue weighted by atomic mass is 16.5. The number of nitrogens with zero attached hydrogens (tertiary/aromatic N) is 1. The molecule has 0 heterocycles. The minimum absolute atomic E-state index is 0.00221. The van der Waals surface area contributed by atoms with Crippen molar-refractivity contribution in [1.82, 2.24) is 10.2 Å². The number of hydrogen-bond acceptors (Lipinski definition) is 8. The lowest BCUT2D eigenvalue weighted by Crippen LogP contribution is -2.66. The molecule has 0 spiro atoms. The van der Waals surface area contributed by atoms with E-state index in [-0.39, 0.29) is 38.2 Å². The SMILES string of the molecule is [2H]CCCC(O)C(=O)N(C(=O)[C@@H](N)C(C)C)[C@@H](C(=O)N[C@H](C(=O)OCc1ccccc1)C(C)C)[C@@H](N)C(C)C. The minimum Gasteiger partial charge on any atom is -0.459 e. The fourth-order valence-electron chi connectivity index (χ4n) is 3.69. The van der Waals surface area contributed by atoms with Gasteiger partial charge in [0.2, 0.25) is 11.8 Å². The maximum atomic E-state index is 13.8. The first-order valence-electron chi connectivity index (χ1n) is 13.8. The highest BCUT2D eigenvalue weighted by molar-refractivity contribution is 6.04. The van der Waals surface area contributed by atoms with Gasteiger partial charge in [0.25, 0.3) is 5.91 Å². The number of ether oxygens (including phenoxy) is 1. The zero-order chi connectivity index (χ0) is 29.9. The predicted octanol–water partition coefficient (Wildman–Crippen LogP) is 1.72. The summed E-state index contributed by atoms with van der Waals surface area (Å²) < 4.78 is 12.8. The van der Waals surface area contributed by atoms with Gasteiger partial charge in [0.15, 0.2) is 0 Å². The first-order valence-corrected chi connectivity index (χ1v) is 13.1. The summed E-state index contributed by atoms with van der Waals surface area (Å²) in [7, 11) is 0. The molecular formula is C28H46N4O6. The second-order valence-corrected chi connectivity index (χ2v) is 10.6. The van der Waals surface area contributed by atoms with Gasteiger partial charge in [-0.15, -0.1) is 0 Å². The summed E-state index contributed by atoms with van der Waals surface area (Å²) in [6, 6.07) is 4.23. The Morgan fingerprint density at radius 1 is 0.974 bits per heavy atom. The molecule has 10 heteroatoms. The standard InChI is InChI=1S/C28H46N4O6/c1-8-12-20(33)26(35)32(27(36)22(30)17(4)5)24(21(29)16(2)3)25(34)31-23(18(6)7)28(37)38-15-19-13-10-9-11-14-19/h9-11,13-14,16-18,20-24,33H,8,12,15,29-30H2,1-7H3,(H,31,34)/t20?,21-,22-,23-,24+/m0/s1/i1D. The van der Waals surface area contributed by atoms with Crippen molar-refractivity contribution in [2.24, 2.45) is 29.2 Å². The number of aliphatic hydroxyl groups is 1. The third-order valence-corrected chi connectivity index (χ3v) is 6.36. The molecule has 1 aromatic carbocycles. The van der Waals surface area contributed by atoms with E-state index in [4.69, 9.17) is 17.6 Å². The third-order valence-electron chi connectivity index (χ3n) is 6.36. The second-order valence-electron chi connectivity index (χ2n) is 10.6. The Kier molecular flexibility index (Phi) is 12.9. The third kappa shape index (κ3) is 9.18. The summed E-state index contributed by atoms with van der Waals surface area (Å²) >= 11 is 0. The molecular weight excluding hydrogens is 488 g/mol. The molecule has 1 unspecified atom stereocenters. The van der Waals surface area contributed by atoms with Crippen LogP contribution in [0.25, 0.3) is 0 Å². The van der Waals surface area contributed by atoms with Gasteiger partial charge < -0.3 is 26.6 Å². The van der Waals surface area contributed by atoms with Crippen LogP contribution in [0.5, 0.6) is 0 Å². The molecule has 0 aliphatic rings. The topological polar surface area (TPSA) is 165 Å². The first kappa shape index (κ1) is 31.4. The number of imide groups is 1. The van der Waals surface area contributed by atoms with E-state index in [1.54, 1.807) is 53.7 Å². The lowest BCUT2D eigenvalue weighted by molar-refractivity contribution is -0.160. The number of nitrogens with one attached hydrogen (secondary N) is 1. The number of esters is 1. The normalized spacial score (nSPS) is 15.8. The maximum Gasteiger partial charge on any atom is 0.329 e. The summed E-state index contributed by atoms with van der Waals surface area (Å²) in [4.78, 5) is 54.3. The average Bonchev–Trinajstić information content (AvgIpc) is 2.90. The van der Waals surface area contributed by atoms with Crippen LogP contribution in [0.2, 0.25) is 0 Å². The van der Waals surface area contributed by atoms with E-state index in [1.807, 2.05) is 18.2 Å². The van der Waals surface area contributed by atoms with Gasteiger partial charge in [-0.25, -0.2) is 4.79 Å². The van der Waals surface area contributed by atoms with E-state index >= 15 is 0 Å². The molecule has 214 valence electrons. The zero-order valence-corrected chi connectivity index (χ0v) is 23.4. The lowest BCUT2D eigenvalue weighted by Gasteiger charge is -2.38. The lowest BCUT2D eigenvalue weighted by atomic mass is 9.92. The number of benzene rings is 1. The molecule has 0 saturated heterocycles. The summed E-state index contributed by atoms with van der Waals surface area (Å²) in [5.74, 6) is -4.54. The Balaban J connectivity index is 3.39. The fourth-order valence-corrected chi connectivity index (χ4v) is 3.69. The molecule has 38 heavy (non-hydrogen) atoms. The Morgan fingerprint density at radius 3 is 2.08 bits per heavy atom. The van der Waals surface area contributed by atoms with E-state index < -0.39 is 59.9 Å². The molecule has 0 fully saturated rings. The van der Waals surface area contributed by atoms with E-state index in [0.29, 0.717) is 4.90 Å². The molecule has 0 bridgehead atoms. The molecule has 1 rings (SSSR count). The summed E-state index contributed by atoms with van der Waals surface area (Å²) in [5, 5.41) is 13.2. The fraction of sp³-hybridized carbons (Fsp3) is 0.643. The highest BCUT2D eigenvalue weighted by Gasteiger charge is 2.44. The molecule has 1 aromatic rings. The van der Waals surface area contributed by atoms with Crippen molar-refractivity contribution in [1.29, 1.82) is 0 Å². The Hall–Kier alpha value is -2.82. The largest absolute Gasteiger partial charge is 0.459 e. The van der Waals surface area contributed by atoms with Gasteiger partial charge in [-0.3, -0.25) is 19.3 Å². The van der Waals surface area contributed by atoms with E-state index in [0.717, 1.165) is 5.56 Å². The van der Waals surface area contributed by atoms with Gasteiger partial charge in [0.05, 0.1) is 6.04 Å². The molecule has 0 aliphatic heterocycles. The number of rotatable bonds is 14. The molecule has 3 amide bonds. The number of carbonyl (C=O) groups is 4. The van der Waals surface area contributed by atoms with Crippen LogP contribution >= 0.6 is 0 Å². The van der Waals surface area contributed by atoms with Gasteiger partial charge in [0.1, 0.15) is 24.8 Å².